The van der Waals surface area contributed by atoms with Crippen molar-refractivity contribution in [1.82, 2.24) is 15.6 Å². The molecule has 0 atom stereocenters. The monoisotopic (exact) mass is 511 g/mol. The van der Waals surface area contributed by atoms with E-state index in [0.29, 0.717) is 11.7 Å². The van der Waals surface area contributed by atoms with Gasteiger partial charge in [-0.1, -0.05) is 42.0 Å². The number of hydrogen-bond donors (Lipinski definition) is 2. The van der Waals surface area contributed by atoms with Gasteiger partial charge in [-0.05, 0) is 42.7 Å². The highest BCUT2D eigenvalue weighted by Gasteiger charge is 2.07. The summed E-state index contributed by atoms with van der Waals surface area (Å²) in [6, 6.07) is 12.5. The molecular weight excluding hydrogens is 485 g/mol. The predicted molar refractivity (Wildman–Crippen MR) is 129 cm³/mol. The highest BCUT2D eigenvalue weighted by molar-refractivity contribution is 14.0. The van der Waals surface area contributed by atoms with Crippen LogP contribution in [0.4, 0.5) is 5.69 Å². The molecule has 28 heavy (non-hydrogen) atoms. The average molecular weight is 512 g/mol. The van der Waals surface area contributed by atoms with E-state index in [-0.39, 0.29) is 24.0 Å². The first-order valence-electron chi connectivity index (χ1n) is 9.36. The van der Waals surface area contributed by atoms with Crippen molar-refractivity contribution in [2.24, 2.45) is 4.99 Å². The number of anilines is 1. The van der Waals surface area contributed by atoms with Gasteiger partial charge in [0.25, 0.3) is 0 Å². The molecule has 0 bridgehead atoms. The van der Waals surface area contributed by atoms with Crippen LogP contribution in [-0.2, 0) is 13.0 Å². The largest absolute Gasteiger partial charge is 0.364 e. The average Bonchev–Trinajstić information content (AvgIpc) is 3.23. The van der Waals surface area contributed by atoms with Gasteiger partial charge in [0.1, 0.15) is 5.15 Å². The number of guanidine groups is 1. The van der Waals surface area contributed by atoms with Crippen molar-refractivity contribution in [3.63, 3.8) is 0 Å². The van der Waals surface area contributed by atoms with E-state index in [1.807, 2.05) is 18.3 Å². The molecule has 0 saturated carbocycles. The molecule has 1 aromatic carbocycles. The Hall–Kier alpha value is -1.80. The summed E-state index contributed by atoms with van der Waals surface area (Å²) >= 11 is 5.82. The van der Waals surface area contributed by atoms with Crippen molar-refractivity contribution in [1.29, 1.82) is 0 Å². The molecular formula is C21H27ClIN5. The highest BCUT2D eigenvalue weighted by atomic mass is 127. The Morgan fingerprint density at radius 1 is 1.07 bits per heavy atom. The van der Waals surface area contributed by atoms with Crippen molar-refractivity contribution in [3.05, 3.63) is 71.0 Å². The SMILES string of the molecule is CCNC(=NCc1ccc(N2CC=CC2)cc1)NCCc1ccc(Cl)nc1.I. The van der Waals surface area contributed by atoms with Crippen LogP contribution in [0.1, 0.15) is 18.1 Å². The van der Waals surface area contributed by atoms with E-state index in [1.54, 1.807) is 0 Å². The molecule has 5 nitrogen and oxygen atoms in total. The van der Waals surface area contributed by atoms with Crippen molar-refractivity contribution in [2.75, 3.05) is 31.1 Å². The van der Waals surface area contributed by atoms with Gasteiger partial charge in [-0.2, -0.15) is 0 Å². The van der Waals surface area contributed by atoms with Crippen molar-refractivity contribution < 1.29 is 0 Å². The first-order valence-corrected chi connectivity index (χ1v) is 9.74. The number of rotatable bonds is 7. The van der Waals surface area contributed by atoms with Gasteiger partial charge in [-0.15, -0.1) is 24.0 Å². The molecule has 0 radical (unpaired) electrons. The Bertz CT molecular complexity index is 766. The minimum absolute atomic E-state index is 0. The molecule has 0 unspecified atom stereocenters. The summed E-state index contributed by atoms with van der Waals surface area (Å²) in [5, 5.41) is 7.18. The van der Waals surface area contributed by atoms with Crippen molar-refractivity contribution in [3.8, 4) is 0 Å². The Labute approximate surface area is 189 Å². The third-order valence-electron chi connectivity index (χ3n) is 4.38. The highest BCUT2D eigenvalue weighted by Crippen LogP contribution is 2.17. The molecule has 0 saturated heterocycles. The van der Waals surface area contributed by atoms with Crippen LogP contribution in [0, 0.1) is 0 Å². The molecule has 0 aliphatic carbocycles. The third kappa shape index (κ3) is 6.98. The van der Waals surface area contributed by atoms with Gasteiger partial charge in [-0.25, -0.2) is 9.98 Å². The van der Waals surface area contributed by atoms with Crippen LogP contribution in [0.25, 0.3) is 0 Å². The fourth-order valence-corrected chi connectivity index (χ4v) is 3.00. The Morgan fingerprint density at radius 3 is 2.43 bits per heavy atom. The molecule has 3 rings (SSSR count). The quantitative estimate of drug-likeness (QED) is 0.194. The minimum Gasteiger partial charge on any atom is -0.364 e. The summed E-state index contributed by atoms with van der Waals surface area (Å²) in [7, 11) is 0. The molecule has 2 aromatic rings. The van der Waals surface area contributed by atoms with Gasteiger partial charge in [0.2, 0.25) is 0 Å². The number of aromatic nitrogens is 1. The Balaban J connectivity index is 0.00000280. The number of nitrogens with zero attached hydrogens (tertiary/aromatic N) is 3. The third-order valence-corrected chi connectivity index (χ3v) is 4.60. The molecule has 0 fully saturated rings. The molecule has 0 amide bonds. The number of hydrogen-bond acceptors (Lipinski definition) is 3. The number of nitrogens with one attached hydrogen (secondary N) is 2. The Kier molecular flexibility index (Phi) is 9.57. The Morgan fingerprint density at radius 2 is 1.79 bits per heavy atom. The normalized spacial score (nSPS) is 13.4. The fourth-order valence-electron chi connectivity index (χ4n) is 2.89. The number of pyridine rings is 1. The second kappa shape index (κ2) is 11.9. The molecule has 2 heterocycles. The number of benzene rings is 1. The van der Waals surface area contributed by atoms with Gasteiger partial charge >= 0.3 is 0 Å². The van der Waals surface area contributed by atoms with E-state index >= 15 is 0 Å². The van der Waals surface area contributed by atoms with Crippen LogP contribution >= 0.6 is 35.6 Å². The minimum atomic E-state index is 0. The van der Waals surface area contributed by atoms with E-state index in [0.717, 1.165) is 44.1 Å². The van der Waals surface area contributed by atoms with Crippen LogP contribution < -0.4 is 15.5 Å². The van der Waals surface area contributed by atoms with Crippen molar-refractivity contribution in [2.45, 2.75) is 19.9 Å². The summed E-state index contributed by atoms with van der Waals surface area (Å²) in [6.45, 7) is 6.32. The number of halogens is 2. The second-order valence-corrected chi connectivity index (χ2v) is 6.79. The second-order valence-electron chi connectivity index (χ2n) is 6.40. The fraction of sp³-hybridized carbons (Fsp3) is 0.333. The zero-order valence-corrected chi connectivity index (χ0v) is 19.2. The smallest absolute Gasteiger partial charge is 0.191 e. The molecule has 0 spiro atoms. The summed E-state index contributed by atoms with van der Waals surface area (Å²) in [5.74, 6) is 0.826. The van der Waals surface area contributed by atoms with Gasteiger partial charge in [-0.3, -0.25) is 0 Å². The molecule has 1 aromatic heterocycles. The van der Waals surface area contributed by atoms with E-state index in [1.165, 1.54) is 11.3 Å². The van der Waals surface area contributed by atoms with E-state index < -0.39 is 0 Å². The topological polar surface area (TPSA) is 52.6 Å². The molecule has 2 N–H and O–H groups in total. The first kappa shape index (κ1) is 22.5. The standard InChI is InChI=1S/C21H26ClN5.HI/c1-2-23-21(24-12-11-18-7-10-20(22)25-15-18)26-16-17-5-8-19(9-6-17)27-13-3-4-14-27;/h3-10,15H,2,11-14,16H2,1H3,(H2,23,24,26);1H. The summed E-state index contributed by atoms with van der Waals surface area (Å²) in [4.78, 5) is 11.1. The molecule has 1 aliphatic heterocycles. The van der Waals surface area contributed by atoms with Gasteiger partial charge in [0.15, 0.2) is 5.96 Å². The maximum absolute atomic E-state index is 5.82. The zero-order valence-electron chi connectivity index (χ0n) is 16.1. The summed E-state index contributed by atoms with van der Waals surface area (Å²) in [5.41, 5.74) is 3.61. The molecule has 7 heteroatoms. The molecule has 1 aliphatic rings. The summed E-state index contributed by atoms with van der Waals surface area (Å²) in [6.07, 6.45) is 7.08. The maximum Gasteiger partial charge on any atom is 0.191 e. The maximum atomic E-state index is 5.82. The predicted octanol–water partition coefficient (Wildman–Crippen LogP) is 4.03. The van der Waals surface area contributed by atoms with Gasteiger partial charge in [0.05, 0.1) is 6.54 Å². The van der Waals surface area contributed by atoms with Crippen LogP contribution in [0.15, 0.2) is 59.7 Å². The van der Waals surface area contributed by atoms with Crippen LogP contribution in [-0.4, -0.2) is 37.1 Å². The van der Waals surface area contributed by atoms with Crippen LogP contribution in [0.2, 0.25) is 5.15 Å². The van der Waals surface area contributed by atoms with Gasteiger partial charge in [0, 0.05) is 38.1 Å². The molecule has 150 valence electrons. The lowest BCUT2D eigenvalue weighted by Crippen LogP contribution is -2.38. The lowest BCUT2D eigenvalue weighted by Gasteiger charge is -2.17. The van der Waals surface area contributed by atoms with E-state index in [4.69, 9.17) is 11.6 Å². The van der Waals surface area contributed by atoms with Crippen LogP contribution in [0.3, 0.4) is 0 Å². The summed E-state index contributed by atoms with van der Waals surface area (Å²) < 4.78 is 0. The lowest BCUT2D eigenvalue weighted by molar-refractivity contribution is 0.798. The lowest BCUT2D eigenvalue weighted by atomic mass is 10.2. The van der Waals surface area contributed by atoms with Crippen molar-refractivity contribution >= 4 is 47.2 Å². The van der Waals surface area contributed by atoms with E-state index in [2.05, 4.69) is 68.9 Å². The zero-order chi connectivity index (χ0) is 18.9. The van der Waals surface area contributed by atoms with Crippen LogP contribution in [0.5, 0.6) is 0 Å². The number of aliphatic imine (C=N–C) groups is 1. The first-order chi connectivity index (χ1) is 13.2. The van der Waals surface area contributed by atoms with Gasteiger partial charge < -0.3 is 15.5 Å². The van der Waals surface area contributed by atoms with E-state index in [9.17, 15) is 0 Å².